The Morgan fingerprint density at radius 2 is 1.54 bits per heavy atom. The van der Waals surface area contributed by atoms with Gasteiger partial charge in [0.2, 0.25) is 5.91 Å². The number of carbonyl (C=O) groups is 1. The van der Waals surface area contributed by atoms with Crippen LogP contribution in [-0.2, 0) is 14.8 Å². The second-order valence-electron chi connectivity index (χ2n) is 8.34. The number of carbonyl (C=O) groups excluding carboxylic acids is 1. The summed E-state index contributed by atoms with van der Waals surface area (Å²) in [7, 11) is -4.06. The molecule has 6 nitrogen and oxygen atoms in total. The Hall–Kier alpha value is -3.84. The Morgan fingerprint density at radius 3 is 2.23 bits per heavy atom. The van der Waals surface area contributed by atoms with E-state index >= 15 is 0 Å². The Morgan fingerprint density at radius 1 is 0.886 bits per heavy atom. The predicted molar refractivity (Wildman–Crippen MR) is 141 cm³/mol. The molecule has 0 fully saturated rings. The maximum atomic E-state index is 14.0. The highest BCUT2D eigenvalue weighted by Crippen LogP contribution is 2.30. The van der Waals surface area contributed by atoms with Gasteiger partial charge in [-0.3, -0.25) is 9.10 Å². The van der Waals surface area contributed by atoms with E-state index in [9.17, 15) is 13.2 Å². The summed E-state index contributed by atoms with van der Waals surface area (Å²) in [4.78, 5) is 13.2. The van der Waals surface area contributed by atoms with Crippen LogP contribution in [0.2, 0.25) is 0 Å². The fraction of sp³-hybridized carbons (Fsp3) is 0.179. The maximum Gasteiger partial charge on any atom is 0.265 e. The molecule has 4 rings (SSSR count). The molecule has 1 N–H and O–H groups in total. The second-order valence-corrected chi connectivity index (χ2v) is 10.2. The van der Waals surface area contributed by atoms with E-state index in [1.807, 2.05) is 45.0 Å². The van der Waals surface area contributed by atoms with Crippen molar-refractivity contribution in [1.82, 2.24) is 0 Å². The van der Waals surface area contributed by atoms with Crippen LogP contribution >= 0.6 is 0 Å². The van der Waals surface area contributed by atoms with Crippen molar-refractivity contribution in [2.45, 2.75) is 25.7 Å². The minimum atomic E-state index is -4.06. The van der Waals surface area contributed by atoms with Crippen molar-refractivity contribution < 1.29 is 17.9 Å². The fourth-order valence-electron chi connectivity index (χ4n) is 4.08. The van der Waals surface area contributed by atoms with Crippen molar-refractivity contribution in [1.29, 1.82) is 0 Å². The van der Waals surface area contributed by atoms with E-state index in [0.717, 1.165) is 16.5 Å². The standard InChI is InChI=1S/C28H28N2O4S/c1-4-34-25-14-12-23(13-15-25)29-28(31)19-30(24-17-20(2)16-21(3)18-24)35(32,33)27-11-7-9-22-8-5-6-10-26(22)27/h5-18H,4,19H2,1-3H3,(H,29,31). The lowest BCUT2D eigenvalue weighted by Gasteiger charge is -2.25. The summed E-state index contributed by atoms with van der Waals surface area (Å²) >= 11 is 0. The first-order valence-electron chi connectivity index (χ1n) is 11.4. The van der Waals surface area contributed by atoms with Gasteiger partial charge in [-0.05, 0) is 79.7 Å². The lowest BCUT2D eigenvalue weighted by atomic mass is 10.1. The predicted octanol–water partition coefficient (Wildman–Crippen LogP) is 5.69. The van der Waals surface area contributed by atoms with E-state index in [4.69, 9.17) is 4.74 Å². The summed E-state index contributed by atoms with van der Waals surface area (Å²) < 4.78 is 34.6. The topological polar surface area (TPSA) is 75.7 Å². The van der Waals surface area contributed by atoms with Crippen LogP contribution in [-0.4, -0.2) is 27.5 Å². The van der Waals surface area contributed by atoms with E-state index in [-0.39, 0.29) is 11.4 Å². The third kappa shape index (κ3) is 5.46. The molecule has 0 bridgehead atoms. The Balaban J connectivity index is 1.72. The number of sulfonamides is 1. The number of nitrogens with zero attached hydrogens (tertiary/aromatic N) is 1. The molecule has 0 spiro atoms. The molecule has 0 aliphatic rings. The summed E-state index contributed by atoms with van der Waals surface area (Å²) in [5.41, 5.74) is 2.81. The van der Waals surface area contributed by atoms with Gasteiger partial charge in [0.05, 0.1) is 17.2 Å². The zero-order chi connectivity index (χ0) is 25.0. The molecule has 1 amide bonds. The molecule has 0 aliphatic heterocycles. The third-order valence-corrected chi connectivity index (χ3v) is 7.38. The summed E-state index contributed by atoms with van der Waals surface area (Å²) in [5.74, 6) is 0.248. The molecule has 0 unspecified atom stereocenters. The first-order valence-corrected chi connectivity index (χ1v) is 12.8. The molecule has 7 heteroatoms. The van der Waals surface area contributed by atoms with E-state index in [1.165, 1.54) is 4.31 Å². The molecule has 35 heavy (non-hydrogen) atoms. The quantitative estimate of drug-likeness (QED) is 0.346. The minimum absolute atomic E-state index is 0.156. The monoisotopic (exact) mass is 488 g/mol. The minimum Gasteiger partial charge on any atom is -0.494 e. The van der Waals surface area contributed by atoms with Gasteiger partial charge in [0, 0.05) is 11.1 Å². The average molecular weight is 489 g/mol. The maximum absolute atomic E-state index is 14.0. The molecule has 0 aromatic heterocycles. The summed E-state index contributed by atoms with van der Waals surface area (Å²) in [6, 6.07) is 25.0. The number of anilines is 2. The molecule has 0 saturated carbocycles. The highest BCUT2D eigenvalue weighted by Gasteiger charge is 2.29. The summed E-state index contributed by atoms with van der Waals surface area (Å²) in [5, 5.41) is 4.22. The largest absolute Gasteiger partial charge is 0.494 e. The van der Waals surface area contributed by atoms with Crippen molar-refractivity contribution in [2.75, 3.05) is 22.8 Å². The van der Waals surface area contributed by atoms with Crippen LogP contribution in [0.1, 0.15) is 18.1 Å². The zero-order valence-corrected chi connectivity index (χ0v) is 20.8. The second kappa shape index (κ2) is 10.2. The van der Waals surface area contributed by atoms with E-state index in [0.29, 0.717) is 29.1 Å². The first-order chi connectivity index (χ1) is 16.8. The lowest BCUT2D eigenvalue weighted by molar-refractivity contribution is -0.114. The average Bonchev–Trinajstić information content (AvgIpc) is 2.83. The van der Waals surface area contributed by atoms with Crippen molar-refractivity contribution in [3.63, 3.8) is 0 Å². The van der Waals surface area contributed by atoms with E-state index in [1.54, 1.807) is 60.7 Å². The molecule has 0 atom stereocenters. The van der Waals surface area contributed by atoms with E-state index in [2.05, 4.69) is 5.32 Å². The molecular weight excluding hydrogens is 460 g/mol. The highest BCUT2D eigenvalue weighted by molar-refractivity contribution is 7.93. The first kappa shape index (κ1) is 24.3. The van der Waals surface area contributed by atoms with Crippen LogP contribution in [0.3, 0.4) is 0 Å². The van der Waals surface area contributed by atoms with Crippen molar-refractivity contribution >= 4 is 38.1 Å². The van der Waals surface area contributed by atoms with Gasteiger partial charge in [-0.2, -0.15) is 0 Å². The Labute approximate surface area is 206 Å². The molecular formula is C28H28N2O4S. The van der Waals surface area contributed by atoms with Gasteiger partial charge in [0.25, 0.3) is 10.0 Å². The number of nitrogens with one attached hydrogen (secondary N) is 1. The number of ether oxygens (including phenoxy) is 1. The van der Waals surface area contributed by atoms with Gasteiger partial charge in [0.15, 0.2) is 0 Å². The normalized spacial score (nSPS) is 11.3. The van der Waals surface area contributed by atoms with Gasteiger partial charge in [-0.25, -0.2) is 8.42 Å². The number of benzene rings is 4. The van der Waals surface area contributed by atoms with Crippen LogP contribution in [0.25, 0.3) is 10.8 Å². The Bertz CT molecular complexity index is 1440. The van der Waals surface area contributed by atoms with E-state index < -0.39 is 15.9 Å². The summed E-state index contributed by atoms with van der Waals surface area (Å²) in [6.07, 6.45) is 0. The number of fused-ring (bicyclic) bond motifs is 1. The molecule has 0 aliphatic carbocycles. The summed E-state index contributed by atoms with van der Waals surface area (Å²) in [6.45, 7) is 5.87. The van der Waals surface area contributed by atoms with Gasteiger partial charge >= 0.3 is 0 Å². The van der Waals surface area contributed by atoms with Crippen molar-refractivity contribution in [3.05, 3.63) is 96.1 Å². The smallest absolute Gasteiger partial charge is 0.265 e. The number of hydrogen-bond donors (Lipinski definition) is 1. The fourth-order valence-corrected chi connectivity index (χ4v) is 5.70. The van der Waals surface area contributed by atoms with Crippen LogP contribution < -0.4 is 14.4 Å². The number of amides is 1. The van der Waals surface area contributed by atoms with Crippen LogP contribution in [0, 0.1) is 13.8 Å². The lowest BCUT2D eigenvalue weighted by Crippen LogP contribution is -2.38. The molecule has 4 aromatic carbocycles. The number of hydrogen-bond acceptors (Lipinski definition) is 4. The molecule has 0 saturated heterocycles. The van der Waals surface area contributed by atoms with Gasteiger partial charge in [0.1, 0.15) is 12.3 Å². The molecule has 0 heterocycles. The van der Waals surface area contributed by atoms with Gasteiger partial charge < -0.3 is 10.1 Å². The SMILES string of the molecule is CCOc1ccc(NC(=O)CN(c2cc(C)cc(C)c2)S(=O)(=O)c2cccc3ccccc23)cc1. The highest BCUT2D eigenvalue weighted by atomic mass is 32.2. The number of aryl methyl sites for hydroxylation is 2. The van der Waals surface area contributed by atoms with Gasteiger partial charge in [-0.1, -0.05) is 42.5 Å². The number of rotatable bonds is 8. The van der Waals surface area contributed by atoms with Gasteiger partial charge in [-0.15, -0.1) is 0 Å². The van der Waals surface area contributed by atoms with Crippen molar-refractivity contribution in [3.8, 4) is 5.75 Å². The molecule has 0 radical (unpaired) electrons. The van der Waals surface area contributed by atoms with Crippen LogP contribution in [0.15, 0.2) is 89.8 Å². The zero-order valence-electron chi connectivity index (χ0n) is 20.0. The molecule has 4 aromatic rings. The molecule has 180 valence electrons. The third-order valence-electron chi connectivity index (χ3n) is 5.55. The van der Waals surface area contributed by atoms with Crippen LogP contribution in [0.4, 0.5) is 11.4 Å². The Kier molecular flexibility index (Phi) is 7.07. The van der Waals surface area contributed by atoms with Crippen molar-refractivity contribution in [2.24, 2.45) is 0 Å². The van der Waals surface area contributed by atoms with Crippen LogP contribution in [0.5, 0.6) is 5.75 Å².